The van der Waals surface area contributed by atoms with Gasteiger partial charge in [-0.25, -0.2) is 9.59 Å². The molecule has 0 bridgehead atoms. The second kappa shape index (κ2) is 12.9. The lowest BCUT2D eigenvalue weighted by Crippen LogP contribution is -2.34. The fourth-order valence-electron chi connectivity index (χ4n) is 1.58. The summed E-state index contributed by atoms with van der Waals surface area (Å²) in [5, 5.41) is 32.5. The zero-order valence-corrected chi connectivity index (χ0v) is 11.7. The number of primary amides is 2. The Morgan fingerprint density at radius 2 is 1.21 bits per heavy atom. The van der Waals surface area contributed by atoms with E-state index < -0.39 is 12.2 Å². The van der Waals surface area contributed by atoms with Gasteiger partial charge >= 0.3 is 12.2 Å². The van der Waals surface area contributed by atoms with Crippen LogP contribution in [0.4, 0.5) is 9.59 Å². The van der Waals surface area contributed by atoms with E-state index in [1.54, 1.807) is 0 Å². The van der Waals surface area contributed by atoms with Crippen molar-refractivity contribution in [2.45, 2.75) is 33.6 Å². The van der Waals surface area contributed by atoms with Crippen molar-refractivity contribution in [1.29, 1.82) is 0 Å². The molecule has 0 saturated heterocycles. The Hall–Kier alpha value is -1.54. The number of nitrogens with two attached hydrogens (primary N) is 2. The Morgan fingerprint density at radius 1 is 1.00 bits per heavy atom. The molecule has 0 aromatic carbocycles. The maximum Gasteiger partial charge on any atom is 0.402 e. The third-order valence-electron chi connectivity index (χ3n) is 2.69. The molecule has 0 unspecified atom stereocenters. The van der Waals surface area contributed by atoms with E-state index in [-0.39, 0.29) is 18.6 Å². The molecule has 0 fully saturated rings. The van der Waals surface area contributed by atoms with Gasteiger partial charge in [0.05, 0.1) is 13.2 Å². The molecule has 0 aliphatic heterocycles. The van der Waals surface area contributed by atoms with E-state index in [0.29, 0.717) is 5.92 Å². The lowest BCUT2D eigenvalue weighted by molar-refractivity contribution is 0.0158. The molecule has 116 valence electrons. The molecule has 0 aromatic heterocycles. The molecule has 0 heterocycles. The molecular weight excluding hydrogens is 256 g/mol. The SMILES string of the molecule is CCC(CC)C(C)(CO)CO.NC(=O)O.NC(=O)O. The van der Waals surface area contributed by atoms with Crippen molar-refractivity contribution in [1.82, 2.24) is 0 Å². The zero-order valence-electron chi connectivity index (χ0n) is 11.7. The van der Waals surface area contributed by atoms with Crippen molar-refractivity contribution in [2.75, 3.05) is 13.2 Å². The van der Waals surface area contributed by atoms with Crippen molar-refractivity contribution < 1.29 is 30.0 Å². The maximum absolute atomic E-state index is 9.06. The van der Waals surface area contributed by atoms with Gasteiger partial charge in [-0.05, 0) is 5.92 Å². The summed E-state index contributed by atoms with van der Waals surface area (Å²) in [7, 11) is 0. The molecule has 0 atom stereocenters. The highest BCUT2D eigenvalue weighted by Gasteiger charge is 2.30. The molecule has 0 aliphatic rings. The predicted molar refractivity (Wildman–Crippen MR) is 70.8 cm³/mol. The Kier molecular flexibility index (Phi) is 15.4. The van der Waals surface area contributed by atoms with E-state index in [4.69, 9.17) is 30.0 Å². The maximum atomic E-state index is 9.06. The number of rotatable bonds is 5. The van der Waals surface area contributed by atoms with E-state index >= 15 is 0 Å². The van der Waals surface area contributed by atoms with Gasteiger partial charge in [-0.3, -0.25) is 0 Å². The second-order valence-corrected chi connectivity index (χ2v) is 4.16. The summed E-state index contributed by atoms with van der Waals surface area (Å²) in [5.41, 5.74) is 7.77. The van der Waals surface area contributed by atoms with Crippen LogP contribution in [0.25, 0.3) is 0 Å². The molecule has 0 aromatic rings. The van der Waals surface area contributed by atoms with E-state index in [1.165, 1.54) is 0 Å². The molecule has 0 spiro atoms. The minimum absolute atomic E-state index is 0.0792. The van der Waals surface area contributed by atoms with Gasteiger partial charge < -0.3 is 31.9 Å². The Morgan fingerprint density at radius 3 is 1.26 bits per heavy atom. The van der Waals surface area contributed by atoms with Crippen LogP contribution < -0.4 is 11.5 Å². The van der Waals surface area contributed by atoms with Crippen molar-refractivity contribution in [3.05, 3.63) is 0 Å². The molecule has 8 nitrogen and oxygen atoms in total. The Balaban J connectivity index is -0.000000264. The summed E-state index contributed by atoms with van der Waals surface area (Å²) in [5.74, 6) is 0.428. The summed E-state index contributed by atoms with van der Waals surface area (Å²) >= 11 is 0. The third-order valence-corrected chi connectivity index (χ3v) is 2.69. The normalized spacial score (nSPS) is 9.79. The largest absolute Gasteiger partial charge is 0.465 e. The number of hydrogen-bond donors (Lipinski definition) is 6. The van der Waals surface area contributed by atoms with Crippen molar-refractivity contribution in [3.63, 3.8) is 0 Å². The monoisotopic (exact) mass is 282 g/mol. The van der Waals surface area contributed by atoms with Crippen LogP contribution in [-0.4, -0.2) is 45.8 Å². The first-order valence-corrected chi connectivity index (χ1v) is 5.79. The highest BCUT2D eigenvalue weighted by molar-refractivity contribution is 5.61. The molecule has 0 rings (SSSR count). The van der Waals surface area contributed by atoms with Crippen LogP contribution in [0.15, 0.2) is 0 Å². The first kappa shape index (κ1) is 22.6. The Bertz CT molecular complexity index is 219. The van der Waals surface area contributed by atoms with Gasteiger partial charge in [-0.15, -0.1) is 0 Å². The summed E-state index contributed by atoms with van der Waals surface area (Å²) in [6.07, 6.45) is -0.623. The summed E-state index contributed by atoms with van der Waals surface area (Å²) < 4.78 is 0. The van der Waals surface area contributed by atoms with Crippen LogP contribution >= 0.6 is 0 Å². The Labute approximate surface area is 113 Å². The number of carboxylic acid groups (broad SMARTS) is 2. The topological polar surface area (TPSA) is 167 Å². The van der Waals surface area contributed by atoms with E-state index in [1.807, 2.05) is 6.92 Å². The molecule has 2 amide bonds. The second-order valence-electron chi connectivity index (χ2n) is 4.16. The minimum Gasteiger partial charge on any atom is -0.465 e. The molecular formula is C11H26N2O6. The van der Waals surface area contributed by atoms with Crippen LogP contribution in [0, 0.1) is 11.3 Å². The fraction of sp³-hybridized carbons (Fsp3) is 0.818. The lowest BCUT2D eigenvalue weighted by Gasteiger charge is -2.33. The molecule has 0 saturated carbocycles. The van der Waals surface area contributed by atoms with Crippen molar-refractivity contribution >= 4 is 12.2 Å². The van der Waals surface area contributed by atoms with Gasteiger partial charge in [0.1, 0.15) is 0 Å². The smallest absolute Gasteiger partial charge is 0.402 e. The number of aliphatic hydroxyl groups excluding tert-OH is 2. The number of aliphatic hydroxyl groups is 2. The summed E-state index contributed by atoms with van der Waals surface area (Å²) in [6.45, 7) is 6.28. The van der Waals surface area contributed by atoms with Crippen molar-refractivity contribution in [2.24, 2.45) is 22.8 Å². The van der Waals surface area contributed by atoms with Crippen LogP contribution in [0.2, 0.25) is 0 Å². The molecule has 8 N–H and O–H groups in total. The van der Waals surface area contributed by atoms with Gasteiger partial charge in [-0.2, -0.15) is 0 Å². The summed E-state index contributed by atoms with van der Waals surface area (Å²) in [6, 6.07) is 0. The highest BCUT2D eigenvalue weighted by atomic mass is 16.4. The van der Waals surface area contributed by atoms with E-state index in [2.05, 4.69) is 25.3 Å². The average Bonchev–Trinajstić information content (AvgIpc) is 2.28. The van der Waals surface area contributed by atoms with Gasteiger partial charge in [0.15, 0.2) is 0 Å². The quantitative estimate of drug-likeness (QED) is 0.433. The summed E-state index contributed by atoms with van der Waals surface area (Å²) in [4.78, 5) is 17.6. The third kappa shape index (κ3) is 16.5. The minimum atomic E-state index is -1.33. The first-order chi connectivity index (χ1) is 8.60. The van der Waals surface area contributed by atoms with Gasteiger partial charge in [0.2, 0.25) is 0 Å². The highest BCUT2D eigenvalue weighted by Crippen LogP contribution is 2.31. The standard InChI is InChI=1S/C9H20O2.2CH3NO2/c1-4-8(5-2)9(3,6-10)7-11;2*2-1(3)4/h8,10-11H,4-7H2,1-3H3;2*2H2,(H,3,4). The number of carbonyl (C=O) groups is 2. The molecule has 8 heteroatoms. The van der Waals surface area contributed by atoms with Crippen molar-refractivity contribution in [3.8, 4) is 0 Å². The lowest BCUT2D eigenvalue weighted by atomic mass is 9.75. The van der Waals surface area contributed by atoms with Crippen LogP contribution in [0.1, 0.15) is 33.6 Å². The fourth-order valence-corrected chi connectivity index (χ4v) is 1.58. The number of amides is 2. The molecule has 0 radical (unpaired) electrons. The number of hydrogen-bond acceptors (Lipinski definition) is 4. The first-order valence-electron chi connectivity index (χ1n) is 5.79. The molecule has 19 heavy (non-hydrogen) atoms. The average molecular weight is 282 g/mol. The van der Waals surface area contributed by atoms with E-state index in [0.717, 1.165) is 12.8 Å². The van der Waals surface area contributed by atoms with Crippen LogP contribution in [-0.2, 0) is 0 Å². The van der Waals surface area contributed by atoms with Crippen LogP contribution in [0.3, 0.4) is 0 Å². The zero-order chi connectivity index (χ0) is 16.1. The van der Waals surface area contributed by atoms with Gasteiger partial charge in [0.25, 0.3) is 0 Å². The molecule has 0 aliphatic carbocycles. The van der Waals surface area contributed by atoms with Crippen LogP contribution in [0.5, 0.6) is 0 Å². The van der Waals surface area contributed by atoms with Gasteiger partial charge in [0, 0.05) is 5.41 Å². The predicted octanol–water partition coefficient (Wildman–Crippen LogP) is 0.660. The van der Waals surface area contributed by atoms with E-state index in [9.17, 15) is 0 Å². The van der Waals surface area contributed by atoms with Gasteiger partial charge in [-0.1, -0.05) is 33.6 Å².